The van der Waals surface area contributed by atoms with Crippen LogP contribution < -0.4 is 5.32 Å². The van der Waals surface area contributed by atoms with E-state index in [-0.39, 0.29) is 12.5 Å². The second-order valence-corrected chi connectivity index (χ2v) is 5.55. The van der Waals surface area contributed by atoms with Gasteiger partial charge in [0.2, 0.25) is 5.91 Å². The summed E-state index contributed by atoms with van der Waals surface area (Å²) in [6, 6.07) is 7.13. The van der Waals surface area contributed by atoms with Crippen molar-refractivity contribution in [3.63, 3.8) is 0 Å². The summed E-state index contributed by atoms with van der Waals surface area (Å²) in [4.78, 5) is 24.2. The maximum absolute atomic E-state index is 12.3. The lowest BCUT2D eigenvalue weighted by atomic mass is 9.91. The molecule has 3 rings (SSSR count). The second-order valence-electron chi connectivity index (χ2n) is 5.55. The van der Waals surface area contributed by atoms with Crippen molar-refractivity contribution in [1.82, 2.24) is 0 Å². The molecule has 1 aromatic rings. The number of benzene rings is 1. The fraction of sp³-hybridized carbons (Fsp3) is 0.467. The summed E-state index contributed by atoms with van der Waals surface area (Å²) < 4.78 is 5.02. The number of esters is 1. The second kappa shape index (κ2) is 4.31. The molecular weight excluding hydrogens is 258 g/mol. The molecule has 0 bridgehead atoms. The van der Waals surface area contributed by atoms with Crippen LogP contribution in [0.1, 0.15) is 25.5 Å². The SMILES string of the molecule is CCOC(=O)[C@@H]1[C@@H]2C(=O)Nc3ccccc3[C@H](O)[C@]12C. The number of ether oxygens (including phenoxy) is 1. The number of fused-ring (bicyclic) bond motifs is 2. The number of amides is 1. The average Bonchev–Trinajstić information content (AvgIpc) is 3.07. The zero-order valence-electron chi connectivity index (χ0n) is 11.4. The van der Waals surface area contributed by atoms with Crippen molar-refractivity contribution in [2.75, 3.05) is 11.9 Å². The van der Waals surface area contributed by atoms with Gasteiger partial charge in [0, 0.05) is 16.7 Å². The van der Waals surface area contributed by atoms with Gasteiger partial charge in [0.25, 0.3) is 0 Å². The molecule has 1 aliphatic carbocycles. The summed E-state index contributed by atoms with van der Waals surface area (Å²) in [7, 11) is 0. The van der Waals surface area contributed by atoms with Crippen molar-refractivity contribution in [2.45, 2.75) is 20.0 Å². The number of rotatable bonds is 2. The van der Waals surface area contributed by atoms with Crippen LogP contribution >= 0.6 is 0 Å². The first-order chi connectivity index (χ1) is 9.51. The maximum atomic E-state index is 12.3. The van der Waals surface area contributed by atoms with Crippen molar-refractivity contribution >= 4 is 17.6 Å². The highest BCUT2D eigenvalue weighted by Crippen LogP contribution is 2.67. The molecule has 1 aromatic carbocycles. The Morgan fingerprint density at radius 3 is 2.85 bits per heavy atom. The molecule has 0 aromatic heterocycles. The molecule has 0 radical (unpaired) electrons. The Morgan fingerprint density at radius 1 is 1.45 bits per heavy atom. The fourth-order valence-electron chi connectivity index (χ4n) is 3.32. The number of carbonyl (C=O) groups excluding carboxylic acids is 2. The molecule has 0 spiro atoms. The van der Waals surface area contributed by atoms with Crippen LogP contribution in [0.5, 0.6) is 0 Å². The molecule has 5 nitrogen and oxygen atoms in total. The van der Waals surface area contributed by atoms with E-state index in [1.165, 1.54) is 0 Å². The standard InChI is InChI=1S/C15H17NO4/c1-3-20-14(19)11-10-13(18)16-9-7-5-4-6-8(9)12(17)15(10,11)2/h4-7,10-12,17H,3H2,1-2H3,(H,16,18)/t10-,11+,12+,15+/m1/s1. The smallest absolute Gasteiger partial charge is 0.310 e. The number of aliphatic hydroxyl groups excluding tert-OH is 1. The van der Waals surface area contributed by atoms with Crippen LogP contribution in [0.25, 0.3) is 0 Å². The Balaban J connectivity index is 2.00. The van der Waals surface area contributed by atoms with Gasteiger partial charge in [-0.1, -0.05) is 25.1 Å². The van der Waals surface area contributed by atoms with Gasteiger partial charge in [0.15, 0.2) is 0 Å². The summed E-state index contributed by atoms with van der Waals surface area (Å²) in [6.07, 6.45) is -0.864. The normalized spacial score (nSPS) is 34.4. The van der Waals surface area contributed by atoms with Crippen LogP contribution in [0, 0.1) is 17.3 Å². The van der Waals surface area contributed by atoms with Crippen LogP contribution in [0.3, 0.4) is 0 Å². The molecule has 1 aliphatic heterocycles. The summed E-state index contributed by atoms with van der Waals surface area (Å²) in [6.45, 7) is 3.77. The summed E-state index contributed by atoms with van der Waals surface area (Å²) in [5, 5.41) is 13.4. The van der Waals surface area contributed by atoms with Gasteiger partial charge in [0.05, 0.1) is 24.5 Å². The summed E-state index contributed by atoms with van der Waals surface area (Å²) >= 11 is 0. The summed E-state index contributed by atoms with van der Waals surface area (Å²) in [5.41, 5.74) is 0.474. The van der Waals surface area contributed by atoms with Gasteiger partial charge >= 0.3 is 5.97 Å². The quantitative estimate of drug-likeness (QED) is 0.802. The Bertz CT molecular complexity index is 579. The topological polar surface area (TPSA) is 75.6 Å². The van der Waals surface area contributed by atoms with Crippen molar-refractivity contribution < 1.29 is 19.4 Å². The fourth-order valence-corrected chi connectivity index (χ4v) is 3.32. The predicted molar refractivity (Wildman–Crippen MR) is 71.8 cm³/mol. The molecule has 2 N–H and O–H groups in total. The van der Waals surface area contributed by atoms with Gasteiger partial charge in [-0.2, -0.15) is 0 Å². The lowest BCUT2D eigenvalue weighted by Crippen LogP contribution is -2.19. The number of hydrogen-bond acceptors (Lipinski definition) is 4. The monoisotopic (exact) mass is 275 g/mol. The van der Waals surface area contributed by atoms with Crippen LogP contribution in [0.4, 0.5) is 5.69 Å². The van der Waals surface area contributed by atoms with Gasteiger partial charge < -0.3 is 15.2 Å². The van der Waals surface area contributed by atoms with Crippen molar-refractivity contribution in [1.29, 1.82) is 0 Å². The number of para-hydroxylation sites is 1. The molecule has 106 valence electrons. The first kappa shape index (κ1) is 13.1. The van der Waals surface area contributed by atoms with Gasteiger partial charge in [0.1, 0.15) is 0 Å². The Labute approximate surface area is 116 Å². The largest absolute Gasteiger partial charge is 0.466 e. The van der Waals surface area contributed by atoms with Crippen molar-refractivity contribution in [3.05, 3.63) is 29.8 Å². The third-order valence-electron chi connectivity index (χ3n) is 4.49. The van der Waals surface area contributed by atoms with Gasteiger partial charge in [-0.3, -0.25) is 9.59 Å². The van der Waals surface area contributed by atoms with E-state index in [4.69, 9.17) is 4.74 Å². The van der Waals surface area contributed by atoms with Gasteiger partial charge in [-0.25, -0.2) is 0 Å². The molecule has 1 amide bonds. The van der Waals surface area contributed by atoms with E-state index in [0.717, 1.165) is 0 Å². The van der Waals surface area contributed by atoms with E-state index >= 15 is 0 Å². The minimum Gasteiger partial charge on any atom is -0.466 e. The molecule has 1 saturated carbocycles. The van der Waals surface area contributed by atoms with Crippen molar-refractivity contribution in [3.8, 4) is 0 Å². The molecule has 1 heterocycles. The van der Waals surface area contributed by atoms with E-state index in [2.05, 4.69) is 5.32 Å². The van der Waals surface area contributed by atoms with E-state index in [1.54, 1.807) is 38.1 Å². The minimum absolute atomic E-state index is 0.227. The molecule has 0 unspecified atom stereocenters. The lowest BCUT2D eigenvalue weighted by molar-refractivity contribution is -0.147. The van der Waals surface area contributed by atoms with Crippen LogP contribution in [0.2, 0.25) is 0 Å². The Hall–Kier alpha value is -1.88. The number of anilines is 1. The number of carbonyl (C=O) groups is 2. The first-order valence-corrected chi connectivity index (χ1v) is 6.76. The highest BCUT2D eigenvalue weighted by molar-refractivity contribution is 6.02. The highest BCUT2D eigenvalue weighted by atomic mass is 16.5. The third kappa shape index (κ3) is 1.59. The van der Waals surface area contributed by atoms with Gasteiger partial charge in [-0.15, -0.1) is 0 Å². The van der Waals surface area contributed by atoms with E-state index in [1.807, 2.05) is 0 Å². The minimum atomic E-state index is -0.864. The molecular formula is C15H17NO4. The Kier molecular flexibility index (Phi) is 2.83. The molecule has 1 fully saturated rings. The van der Waals surface area contributed by atoms with Crippen LogP contribution in [-0.2, 0) is 14.3 Å². The zero-order chi connectivity index (χ0) is 14.5. The number of aliphatic hydroxyl groups is 1. The van der Waals surface area contributed by atoms with E-state index in [0.29, 0.717) is 11.3 Å². The highest BCUT2D eigenvalue weighted by Gasteiger charge is 2.73. The van der Waals surface area contributed by atoms with E-state index in [9.17, 15) is 14.7 Å². The molecule has 5 heteroatoms. The van der Waals surface area contributed by atoms with Crippen molar-refractivity contribution in [2.24, 2.45) is 17.3 Å². The lowest BCUT2D eigenvalue weighted by Gasteiger charge is -2.20. The third-order valence-corrected chi connectivity index (χ3v) is 4.49. The first-order valence-electron chi connectivity index (χ1n) is 6.76. The number of nitrogens with one attached hydrogen (secondary N) is 1. The molecule has 20 heavy (non-hydrogen) atoms. The average molecular weight is 275 g/mol. The van der Waals surface area contributed by atoms with E-state index < -0.39 is 29.3 Å². The Morgan fingerprint density at radius 2 is 2.15 bits per heavy atom. The molecule has 0 saturated heterocycles. The van der Waals surface area contributed by atoms with Crippen LogP contribution in [-0.4, -0.2) is 23.6 Å². The van der Waals surface area contributed by atoms with Gasteiger partial charge in [-0.05, 0) is 13.0 Å². The maximum Gasteiger partial charge on any atom is 0.310 e. The van der Waals surface area contributed by atoms with Crippen LogP contribution in [0.15, 0.2) is 24.3 Å². The summed E-state index contributed by atoms with van der Waals surface area (Å²) in [5.74, 6) is -1.75. The molecule has 2 aliphatic rings. The molecule has 4 atom stereocenters. The number of hydrogen-bond donors (Lipinski definition) is 2. The predicted octanol–water partition coefficient (Wildman–Crippen LogP) is 1.49. The zero-order valence-corrected chi connectivity index (χ0v) is 11.4.